The summed E-state index contributed by atoms with van der Waals surface area (Å²) in [5.74, 6) is -0.409. The fraction of sp³-hybridized carbons (Fsp3) is 0.333. The van der Waals surface area contributed by atoms with Gasteiger partial charge < -0.3 is 14.8 Å². The van der Waals surface area contributed by atoms with Crippen molar-refractivity contribution in [1.82, 2.24) is 14.9 Å². The molecule has 10 heteroatoms. The number of esters is 1. The zero-order valence-corrected chi connectivity index (χ0v) is 21.0. The SMILES string of the molecule is CCOC(=O)c1c(C)cc2nc(COC(=O)NC(C)C)n(-c3c(Cl)cccc3Cl)c(=O)c2c1C. The minimum Gasteiger partial charge on any atom is -0.462 e. The lowest BCUT2D eigenvalue weighted by Gasteiger charge is -2.18. The highest BCUT2D eigenvalue weighted by Crippen LogP contribution is 2.30. The van der Waals surface area contributed by atoms with E-state index in [2.05, 4.69) is 10.3 Å². The molecule has 0 fully saturated rings. The maximum absolute atomic E-state index is 13.8. The Bertz CT molecular complexity index is 1310. The van der Waals surface area contributed by atoms with E-state index < -0.39 is 17.6 Å². The zero-order valence-electron chi connectivity index (χ0n) is 19.5. The predicted molar refractivity (Wildman–Crippen MR) is 131 cm³/mol. The molecule has 1 aromatic heterocycles. The number of carbonyl (C=O) groups is 2. The zero-order chi connectivity index (χ0) is 25.2. The van der Waals surface area contributed by atoms with Gasteiger partial charge in [-0.15, -0.1) is 0 Å². The molecule has 2 aromatic carbocycles. The van der Waals surface area contributed by atoms with Crippen LogP contribution in [0.2, 0.25) is 10.0 Å². The second-order valence-corrected chi connectivity index (χ2v) is 8.74. The second-order valence-electron chi connectivity index (χ2n) is 7.92. The monoisotopic (exact) mass is 505 g/mol. The Morgan fingerprint density at radius 1 is 1.15 bits per heavy atom. The van der Waals surface area contributed by atoms with Crippen molar-refractivity contribution in [3.05, 3.63) is 67.2 Å². The predicted octanol–water partition coefficient (Wildman–Crippen LogP) is 5.12. The molecule has 0 bridgehead atoms. The van der Waals surface area contributed by atoms with Crippen molar-refractivity contribution in [2.24, 2.45) is 0 Å². The van der Waals surface area contributed by atoms with Gasteiger partial charge in [0.15, 0.2) is 12.4 Å². The summed E-state index contributed by atoms with van der Waals surface area (Å²) < 4.78 is 11.7. The van der Waals surface area contributed by atoms with Crippen LogP contribution in [-0.2, 0) is 16.1 Å². The number of rotatable bonds is 6. The Balaban J connectivity index is 2.32. The molecule has 3 rings (SSSR count). The first-order valence-electron chi connectivity index (χ1n) is 10.7. The van der Waals surface area contributed by atoms with Crippen molar-refractivity contribution in [1.29, 1.82) is 0 Å². The highest BCUT2D eigenvalue weighted by Gasteiger charge is 2.24. The van der Waals surface area contributed by atoms with Crippen LogP contribution in [0.3, 0.4) is 0 Å². The standard InChI is InChI=1S/C24H25Cl2N3O5/c1-6-33-23(31)19-13(4)10-17-20(14(19)5)22(30)29(21-15(25)8-7-9-16(21)26)18(28-17)11-34-24(32)27-12(2)3/h7-10,12H,6,11H2,1-5H3,(H,27,32). The molecule has 34 heavy (non-hydrogen) atoms. The molecule has 0 aliphatic carbocycles. The summed E-state index contributed by atoms with van der Waals surface area (Å²) in [4.78, 5) is 43.1. The lowest BCUT2D eigenvalue weighted by molar-refractivity contribution is 0.0525. The number of ether oxygens (including phenoxy) is 2. The van der Waals surface area contributed by atoms with E-state index in [1.54, 1.807) is 58.9 Å². The molecule has 0 unspecified atom stereocenters. The molecule has 0 saturated carbocycles. The molecule has 180 valence electrons. The van der Waals surface area contributed by atoms with Crippen LogP contribution in [0.4, 0.5) is 4.79 Å². The molecule has 0 spiro atoms. The van der Waals surface area contributed by atoms with Crippen molar-refractivity contribution in [3.63, 3.8) is 0 Å². The van der Waals surface area contributed by atoms with E-state index in [1.807, 2.05) is 0 Å². The molecule has 0 aliphatic heterocycles. The molecular formula is C24H25Cl2N3O5. The summed E-state index contributed by atoms with van der Waals surface area (Å²) in [6.07, 6.45) is -0.661. The Hall–Kier alpha value is -3.10. The average Bonchev–Trinajstić information content (AvgIpc) is 2.73. The van der Waals surface area contributed by atoms with E-state index in [9.17, 15) is 14.4 Å². The Morgan fingerprint density at radius 2 is 1.79 bits per heavy atom. The smallest absolute Gasteiger partial charge is 0.407 e. The quantitative estimate of drug-likeness (QED) is 0.466. The maximum atomic E-state index is 13.8. The number of nitrogens with one attached hydrogen (secondary N) is 1. The van der Waals surface area contributed by atoms with Gasteiger partial charge in [0.25, 0.3) is 5.56 Å². The number of aryl methyl sites for hydroxylation is 2. The van der Waals surface area contributed by atoms with E-state index in [-0.39, 0.29) is 46.2 Å². The van der Waals surface area contributed by atoms with E-state index in [1.165, 1.54) is 4.57 Å². The number of aromatic nitrogens is 2. The van der Waals surface area contributed by atoms with Crippen LogP contribution >= 0.6 is 23.2 Å². The molecular weight excluding hydrogens is 481 g/mol. The lowest BCUT2D eigenvalue weighted by Crippen LogP contribution is -2.32. The van der Waals surface area contributed by atoms with Gasteiger partial charge in [0.1, 0.15) is 0 Å². The van der Waals surface area contributed by atoms with E-state index >= 15 is 0 Å². The lowest BCUT2D eigenvalue weighted by atomic mass is 9.98. The number of fused-ring (bicyclic) bond motifs is 1. The van der Waals surface area contributed by atoms with Crippen molar-refractivity contribution in [3.8, 4) is 5.69 Å². The number of carbonyl (C=O) groups excluding carboxylic acids is 2. The average molecular weight is 506 g/mol. The number of para-hydroxylation sites is 1. The first-order valence-corrected chi connectivity index (χ1v) is 11.4. The summed E-state index contributed by atoms with van der Waals surface area (Å²) in [5, 5.41) is 3.24. The number of amides is 1. The van der Waals surface area contributed by atoms with Gasteiger partial charge in [0, 0.05) is 6.04 Å². The van der Waals surface area contributed by atoms with Gasteiger partial charge in [0.2, 0.25) is 0 Å². The summed E-state index contributed by atoms with van der Waals surface area (Å²) in [6, 6.07) is 6.31. The molecule has 0 saturated heterocycles. The molecule has 0 radical (unpaired) electrons. The maximum Gasteiger partial charge on any atom is 0.407 e. The normalized spacial score (nSPS) is 11.1. The van der Waals surface area contributed by atoms with Crippen LogP contribution in [0.1, 0.15) is 48.1 Å². The number of nitrogens with zero attached hydrogens (tertiary/aromatic N) is 2. The highest BCUT2D eigenvalue weighted by atomic mass is 35.5. The van der Waals surface area contributed by atoms with E-state index in [4.69, 9.17) is 32.7 Å². The van der Waals surface area contributed by atoms with Gasteiger partial charge >= 0.3 is 12.1 Å². The van der Waals surface area contributed by atoms with Crippen LogP contribution in [-0.4, -0.2) is 34.3 Å². The van der Waals surface area contributed by atoms with Crippen LogP contribution in [0.5, 0.6) is 0 Å². The van der Waals surface area contributed by atoms with Crippen molar-refractivity contribution in [2.75, 3.05) is 6.61 Å². The third kappa shape index (κ3) is 5.03. The van der Waals surface area contributed by atoms with Gasteiger partial charge in [-0.05, 0) is 63.9 Å². The molecule has 8 nitrogen and oxygen atoms in total. The summed E-state index contributed by atoms with van der Waals surface area (Å²) in [7, 11) is 0. The minimum absolute atomic E-state index is 0.120. The first kappa shape index (κ1) is 25.5. The van der Waals surface area contributed by atoms with Crippen LogP contribution < -0.4 is 10.9 Å². The molecule has 1 heterocycles. The molecule has 1 amide bonds. The Morgan fingerprint density at radius 3 is 2.38 bits per heavy atom. The van der Waals surface area contributed by atoms with Crippen LogP contribution in [0.15, 0.2) is 29.1 Å². The van der Waals surface area contributed by atoms with Gasteiger partial charge in [-0.25, -0.2) is 14.6 Å². The third-order valence-electron chi connectivity index (χ3n) is 5.06. The van der Waals surface area contributed by atoms with Crippen molar-refractivity contribution >= 4 is 46.2 Å². The Kier molecular flexibility index (Phi) is 7.84. The minimum atomic E-state index is -0.661. The van der Waals surface area contributed by atoms with Gasteiger partial charge in [0.05, 0.1) is 38.8 Å². The molecule has 0 aliphatic rings. The van der Waals surface area contributed by atoms with Crippen LogP contribution in [0, 0.1) is 13.8 Å². The fourth-order valence-electron chi connectivity index (χ4n) is 3.69. The van der Waals surface area contributed by atoms with E-state index in [0.29, 0.717) is 22.2 Å². The summed E-state index contributed by atoms with van der Waals surface area (Å²) in [6.45, 7) is 8.58. The molecule has 1 N–H and O–H groups in total. The topological polar surface area (TPSA) is 99.5 Å². The molecule has 0 atom stereocenters. The number of halogens is 2. The molecule has 3 aromatic rings. The summed E-state index contributed by atoms with van der Waals surface area (Å²) in [5.41, 5.74) is 1.36. The van der Waals surface area contributed by atoms with Crippen LogP contribution in [0.25, 0.3) is 16.6 Å². The number of hydrogen-bond acceptors (Lipinski definition) is 6. The second kappa shape index (κ2) is 10.4. The highest BCUT2D eigenvalue weighted by molar-refractivity contribution is 6.37. The summed E-state index contributed by atoms with van der Waals surface area (Å²) >= 11 is 12.8. The van der Waals surface area contributed by atoms with Gasteiger partial charge in [-0.2, -0.15) is 0 Å². The van der Waals surface area contributed by atoms with Crippen molar-refractivity contribution < 1.29 is 19.1 Å². The number of benzene rings is 2. The Labute approximate surface area is 206 Å². The number of hydrogen-bond donors (Lipinski definition) is 1. The third-order valence-corrected chi connectivity index (χ3v) is 5.67. The van der Waals surface area contributed by atoms with E-state index in [0.717, 1.165) is 0 Å². The van der Waals surface area contributed by atoms with Gasteiger partial charge in [-0.3, -0.25) is 9.36 Å². The fourth-order valence-corrected chi connectivity index (χ4v) is 4.26. The first-order chi connectivity index (χ1) is 16.1. The van der Waals surface area contributed by atoms with Gasteiger partial charge in [-0.1, -0.05) is 29.3 Å². The van der Waals surface area contributed by atoms with Crippen molar-refractivity contribution in [2.45, 2.75) is 47.3 Å². The largest absolute Gasteiger partial charge is 0.462 e. The number of alkyl carbamates (subject to hydrolysis) is 1.